The summed E-state index contributed by atoms with van der Waals surface area (Å²) >= 11 is 1.33. The second-order valence-electron chi connectivity index (χ2n) is 9.81. The fourth-order valence-electron chi connectivity index (χ4n) is 4.02. The molecule has 9 nitrogen and oxygen atoms in total. The molecule has 4 rings (SSSR count). The van der Waals surface area contributed by atoms with Crippen LogP contribution in [0.15, 0.2) is 47.4 Å². The number of aromatic nitrogens is 1. The van der Waals surface area contributed by atoms with Crippen molar-refractivity contribution in [2.75, 3.05) is 24.7 Å². The van der Waals surface area contributed by atoms with Crippen LogP contribution in [0, 0.1) is 0 Å². The van der Waals surface area contributed by atoms with Gasteiger partial charge in [-0.25, -0.2) is 23.0 Å². The van der Waals surface area contributed by atoms with Gasteiger partial charge in [0.05, 0.1) is 21.2 Å². The van der Waals surface area contributed by atoms with Crippen LogP contribution in [0.1, 0.15) is 33.6 Å². The molecule has 0 bridgehead atoms. The molecule has 0 radical (unpaired) electrons. The summed E-state index contributed by atoms with van der Waals surface area (Å²) in [6.45, 7) is 6.41. The lowest BCUT2D eigenvalue weighted by molar-refractivity contribution is 0.0228. The Hall–Kier alpha value is -3.18. The summed E-state index contributed by atoms with van der Waals surface area (Å²) in [5.41, 5.74) is 1.80. The Morgan fingerprint density at radius 1 is 1.17 bits per heavy atom. The van der Waals surface area contributed by atoms with E-state index in [0.717, 1.165) is 34.2 Å². The highest BCUT2D eigenvalue weighted by Gasteiger charge is 2.32. The summed E-state index contributed by atoms with van der Waals surface area (Å²) < 4.78 is 30.1. The number of carbonyl (C=O) groups is 2. The first-order chi connectivity index (χ1) is 16.9. The standard InChI is InChI=1S/C25H30N4O5S2/c1-25(2,3)34-24(31)29-12-6-8-18(29)15-26-22(30)28-23-27-20-11-10-17(14-21(20)35-23)16-7-5-9-19(13-16)36(4,32)33/h5,7,9-11,13-14,18H,6,8,12,15H2,1-4H3,(H2,26,27,28,30). The lowest BCUT2D eigenvalue weighted by Crippen LogP contribution is -2.45. The molecular formula is C25H30N4O5S2. The highest BCUT2D eigenvalue weighted by molar-refractivity contribution is 7.90. The van der Waals surface area contributed by atoms with Crippen molar-refractivity contribution >= 4 is 48.6 Å². The number of rotatable bonds is 5. The number of thiazole rings is 1. The van der Waals surface area contributed by atoms with Crippen molar-refractivity contribution in [3.63, 3.8) is 0 Å². The summed E-state index contributed by atoms with van der Waals surface area (Å²) in [7, 11) is -3.31. The van der Waals surface area contributed by atoms with Crippen molar-refractivity contribution in [1.82, 2.24) is 15.2 Å². The van der Waals surface area contributed by atoms with Crippen molar-refractivity contribution in [2.45, 2.75) is 50.2 Å². The van der Waals surface area contributed by atoms with Crippen LogP contribution in [0.3, 0.4) is 0 Å². The number of anilines is 1. The Morgan fingerprint density at radius 2 is 1.92 bits per heavy atom. The summed E-state index contributed by atoms with van der Waals surface area (Å²) in [5, 5.41) is 6.05. The van der Waals surface area contributed by atoms with Crippen LogP contribution in [0.5, 0.6) is 0 Å². The van der Waals surface area contributed by atoms with Gasteiger partial charge in [-0.1, -0.05) is 29.5 Å². The maximum absolute atomic E-state index is 12.5. The van der Waals surface area contributed by atoms with Gasteiger partial charge in [0.25, 0.3) is 0 Å². The maximum atomic E-state index is 12.5. The monoisotopic (exact) mass is 530 g/mol. The fourth-order valence-corrected chi connectivity index (χ4v) is 5.59. The fraction of sp³-hybridized carbons (Fsp3) is 0.400. The number of urea groups is 1. The van der Waals surface area contributed by atoms with Crippen molar-refractivity contribution in [2.24, 2.45) is 0 Å². The van der Waals surface area contributed by atoms with E-state index in [4.69, 9.17) is 4.74 Å². The van der Waals surface area contributed by atoms with Gasteiger partial charge in [0.2, 0.25) is 0 Å². The van der Waals surface area contributed by atoms with Gasteiger partial charge in [-0.2, -0.15) is 0 Å². The molecule has 2 aromatic carbocycles. The van der Waals surface area contributed by atoms with Gasteiger partial charge in [0.15, 0.2) is 15.0 Å². The van der Waals surface area contributed by atoms with E-state index in [-0.39, 0.29) is 17.0 Å². The lowest BCUT2D eigenvalue weighted by atomic mass is 10.1. The summed E-state index contributed by atoms with van der Waals surface area (Å²) in [6, 6.07) is 11.9. The Morgan fingerprint density at radius 3 is 2.64 bits per heavy atom. The molecular weight excluding hydrogens is 500 g/mol. The molecule has 1 saturated heterocycles. The largest absolute Gasteiger partial charge is 0.444 e. The molecule has 0 saturated carbocycles. The number of carbonyl (C=O) groups excluding carboxylic acids is 2. The van der Waals surface area contributed by atoms with Gasteiger partial charge in [0, 0.05) is 19.3 Å². The van der Waals surface area contributed by atoms with Crippen molar-refractivity contribution < 1.29 is 22.7 Å². The summed E-state index contributed by atoms with van der Waals surface area (Å²) in [5.74, 6) is 0. The molecule has 3 aromatic rings. The smallest absolute Gasteiger partial charge is 0.410 e. The number of nitrogens with one attached hydrogen (secondary N) is 2. The van der Waals surface area contributed by atoms with Crippen LogP contribution in [-0.2, 0) is 14.6 Å². The van der Waals surface area contributed by atoms with Gasteiger partial charge in [0.1, 0.15) is 5.60 Å². The van der Waals surface area contributed by atoms with Gasteiger partial charge < -0.3 is 15.0 Å². The molecule has 2 heterocycles. The molecule has 1 aromatic heterocycles. The van der Waals surface area contributed by atoms with E-state index in [1.165, 1.54) is 17.6 Å². The average Bonchev–Trinajstić information content (AvgIpc) is 3.42. The normalized spacial score (nSPS) is 16.2. The first kappa shape index (κ1) is 25.9. The Bertz CT molecular complexity index is 1390. The number of hydrogen-bond donors (Lipinski definition) is 2. The van der Waals surface area contributed by atoms with Crippen LogP contribution in [0.25, 0.3) is 21.3 Å². The second-order valence-corrected chi connectivity index (χ2v) is 12.9. The summed E-state index contributed by atoms with van der Waals surface area (Å²) in [4.78, 5) is 31.4. The van der Waals surface area contributed by atoms with Crippen LogP contribution in [0.4, 0.5) is 14.7 Å². The number of likely N-dealkylation sites (tertiary alicyclic amines) is 1. The number of ether oxygens (including phenoxy) is 1. The second kappa shape index (κ2) is 10.1. The Kier molecular flexibility index (Phi) is 7.24. The SMILES string of the molecule is CC(C)(C)OC(=O)N1CCCC1CNC(=O)Nc1nc2ccc(-c3cccc(S(C)(=O)=O)c3)cc2s1. The lowest BCUT2D eigenvalue weighted by Gasteiger charge is -2.28. The molecule has 1 aliphatic heterocycles. The van der Waals surface area contributed by atoms with E-state index in [2.05, 4.69) is 15.6 Å². The van der Waals surface area contributed by atoms with E-state index >= 15 is 0 Å². The van der Waals surface area contributed by atoms with Crippen LogP contribution in [0.2, 0.25) is 0 Å². The number of benzene rings is 2. The van der Waals surface area contributed by atoms with E-state index < -0.39 is 21.5 Å². The topological polar surface area (TPSA) is 118 Å². The molecule has 0 spiro atoms. The number of hydrogen-bond acceptors (Lipinski definition) is 7. The van der Waals surface area contributed by atoms with Crippen molar-refractivity contribution in [1.29, 1.82) is 0 Å². The van der Waals surface area contributed by atoms with Crippen LogP contribution < -0.4 is 10.6 Å². The quantitative estimate of drug-likeness (QED) is 0.485. The van der Waals surface area contributed by atoms with Gasteiger partial charge in [-0.05, 0) is 69.0 Å². The molecule has 1 unspecified atom stereocenters. The minimum Gasteiger partial charge on any atom is -0.444 e. The Labute approximate surface area is 214 Å². The van der Waals surface area contributed by atoms with Crippen molar-refractivity contribution in [3.8, 4) is 11.1 Å². The zero-order chi connectivity index (χ0) is 26.1. The van der Waals surface area contributed by atoms with E-state index in [9.17, 15) is 18.0 Å². The molecule has 1 fully saturated rings. The van der Waals surface area contributed by atoms with E-state index in [0.29, 0.717) is 18.2 Å². The molecule has 36 heavy (non-hydrogen) atoms. The number of nitrogens with zero attached hydrogens (tertiary/aromatic N) is 2. The molecule has 1 aliphatic rings. The highest BCUT2D eigenvalue weighted by atomic mass is 32.2. The molecule has 0 aliphatic carbocycles. The highest BCUT2D eigenvalue weighted by Crippen LogP contribution is 2.31. The van der Waals surface area contributed by atoms with Gasteiger partial charge in [-0.15, -0.1) is 0 Å². The Balaban J connectivity index is 1.40. The number of sulfone groups is 1. The predicted octanol–water partition coefficient (Wildman–Crippen LogP) is 4.89. The molecule has 2 N–H and O–H groups in total. The zero-order valence-corrected chi connectivity index (χ0v) is 22.3. The average molecular weight is 531 g/mol. The van der Waals surface area contributed by atoms with E-state index in [1.54, 1.807) is 23.1 Å². The minimum atomic E-state index is -3.31. The molecule has 3 amide bonds. The third kappa shape index (κ3) is 6.33. The minimum absolute atomic E-state index is 0.119. The van der Waals surface area contributed by atoms with Crippen molar-refractivity contribution in [3.05, 3.63) is 42.5 Å². The third-order valence-corrected chi connectivity index (χ3v) is 7.75. The summed E-state index contributed by atoms with van der Waals surface area (Å²) in [6.07, 6.45) is 2.48. The number of fused-ring (bicyclic) bond motifs is 1. The molecule has 11 heteroatoms. The van der Waals surface area contributed by atoms with Gasteiger partial charge in [-0.3, -0.25) is 5.32 Å². The van der Waals surface area contributed by atoms with E-state index in [1.807, 2.05) is 45.0 Å². The zero-order valence-electron chi connectivity index (χ0n) is 20.7. The van der Waals surface area contributed by atoms with Crippen LogP contribution in [-0.4, -0.2) is 61.4 Å². The third-order valence-electron chi connectivity index (χ3n) is 5.71. The maximum Gasteiger partial charge on any atom is 0.410 e. The molecule has 192 valence electrons. The number of amides is 3. The molecule has 1 atom stereocenters. The first-order valence-corrected chi connectivity index (χ1v) is 14.4. The first-order valence-electron chi connectivity index (χ1n) is 11.6. The predicted molar refractivity (Wildman–Crippen MR) is 141 cm³/mol. The van der Waals surface area contributed by atoms with Crippen LogP contribution >= 0.6 is 11.3 Å². The van der Waals surface area contributed by atoms with Gasteiger partial charge >= 0.3 is 12.1 Å².